The third-order valence-corrected chi connectivity index (χ3v) is 3.24. The van der Waals surface area contributed by atoms with Crippen LogP contribution >= 0.6 is 0 Å². The molecule has 1 aromatic rings. The Labute approximate surface area is 125 Å². The summed E-state index contributed by atoms with van der Waals surface area (Å²) < 4.78 is 20.9. The SMILES string of the molecule is COCCN(C)C(C)C(=O)Oc1c(OC)cccc1OC. The molecule has 6 heteroatoms. The van der Waals surface area contributed by atoms with Crippen molar-refractivity contribution in [2.24, 2.45) is 0 Å². The molecule has 0 saturated heterocycles. The highest BCUT2D eigenvalue weighted by atomic mass is 16.6. The molecule has 21 heavy (non-hydrogen) atoms. The first-order valence-electron chi connectivity index (χ1n) is 6.67. The fourth-order valence-corrected chi connectivity index (χ4v) is 1.71. The van der Waals surface area contributed by atoms with Crippen molar-refractivity contribution in [1.82, 2.24) is 4.90 Å². The molecule has 0 amide bonds. The van der Waals surface area contributed by atoms with Crippen molar-refractivity contribution in [3.63, 3.8) is 0 Å². The quantitative estimate of drug-likeness (QED) is 0.536. The highest BCUT2D eigenvalue weighted by Crippen LogP contribution is 2.37. The summed E-state index contributed by atoms with van der Waals surface area (Å²) in [6, 6.07) is 4.78. The first kappa shape index (κ1) is 17.3. The first-order valence-corrected chi connectivity index (χ1v) is 6.67. The lowest BCUT2D eigenvalue weighted by atomic mass is 10.2. The highest BCUT2D eigenvalue weighted by molar-refractivity contribution is 5.79. The zero-order valence-electron chi connectivity index (χ0n) is 13.2. The summed E-state index contributed by atoms with van der Waals surface area (Å²) >= 11 is 0. The zero-order chi connectivity index (χ0) is 15.8. The fraction of sp³-hybridized carbons (Fsp3) is 0.533. The lowest BCUT2D eigenvalue weighted by molar-refractivity contribution is -0.139. The summed E-state index contributed by atoms with van der Waals surface area (Å²) in [4.78, 5) is 14.1. The van der Waals surface area contributed by atoms with E-state index in [1.54, 1.807) is 32.2 Å². The molecule has 0 fully saturated rings. The molecule has 0 aliphatic carbocycles. The Kier molecular flexibility index (Phi) is 6.98. The second-order valence-electron chi connectivity index (χ2n) is 4.56. The predicted molar refractivity (Wildman–Crippen MR) is 79.1 cm³/mol. The number of hydrogen-bond acceptors (Lipinski definition) is 6. The van der Waals surface area contributed by atoms with Gasteiger partial charge in [-0.05, 0) is 26.1 Å². The van der Waals surface area contributed by atoms with Crippen molar-refractivity contribution >= 4 is 5.97 Å². The Morgan fingerprint density at radius 1 is 1.19 bits per heavy atom. The number of methoxy groups -OCH3 is 3. The monoisotopic (exact) mass is 297 g/mol. The number of carbonyl (C=O) groups is 1. The van der Waals surface area contributed by atoms with Crippen LogP contribution < -0.4 is 14.2 Å². The van der Waals surface area contributed by atoms with Crippen LogP contribution in [0.3, 0.4) is 0 Å². The molecular weight excluding hydrogens is 274 g/mol. The number of rotatable bonds is 8. The lowest BCUT2D eigenvalue weighted by Crippen LogP contribution is -2.40. The zero-order valence-corrected chi connectivity index (χ0v) is 13.2. The van der Waals surface area contributed by atoms with Crippen LogP contribution in [0.25, 0.3) is 0 Å². The minimum absolute atomic E-state index is 0.291. The molecule has 0 aliphatic rings. The standard InChI is InChI=1S/C15H23NO5/c1-11(16(2)9-10-18-3)15(17)21-14-12(19-4)7-6-8-13(14)20-5/h6-8,11H,9-10H2,1-5H3. The highest BCUT2D eigenvalue weighted by Gasteiger charge is 2.23. The molecule has 6 nitrogen and oxygen atoms in total. The van der Waals surface area contributed by atoms with Gasteiger partial charge in [0.15, 0.2) is 11.5 Å². The third kappa shape index (κ3) is 4.61. The average molecular weight is 297 g/mol. The molecule has 0 N–H and O–H groups in total. The van der Waals surface area contributed by atoms with Gasteiger partial charge in [-0.25, -0.2) is 4.79 Å². The second-order valence-corrected chi connectivity index (χ2v) is 4.56. The summed E-state index contributed by atoms with van der Waals surface area (Å²) in [5.74, 6) is 0.819. The van der Waals surface area contributed by atoms with E-state index in [4.69, 9.17) is 18.9 Å². The number of benzene rings is 1. The molecular formula is C15H23NO5. The summed E-state index contributed by atoms with van der Waals surface area (Å²) in [6.45, 7) is 2.96. The minimum Gasteiger partial charge on any atom is -0.493 e. The average Bonchev–Trinajstić information content (AvgIpc) is 2.51. The summed E-state index contributed by atoms with van der Waals surface area (Å²) in [6.07, 6.45) is 0. The summed E-state index contributed by atoms with van der Waals surface area (Å²) in [7, 11) is 6.49. The van der Waals surface area contributed by atoms with E-state index in [2.05, 4.69) is 0 Å². The molecule has 1 rings (SSSR count). The van der Waals surface area contributed by atoms with Gasteiger partial charge in [0.05, 0.1) is 20.8 Å². The van der Waals surface area contributed by atoms with Gasteiger partial charge in [-0.2, -0.15) is 0 Å². The van der Waals surface area contributed by atoms with Gasteiger partial charge in [0.1, 0.15) is 6.04 Å². The van der Waals surface area contributed by atoms with Gasteiger partial charge in [0.25, 0.3) is 0 Å². The van der Waals surface area contributed by atoms with E-state index < -0.39 is 6.04 Å². The Morgan fingerprint density at radius 2 is 1.76 bits per heavy atom. The molecule has 0 aliphatic heterocycles. The van der Waals surface area contributed by atoms with Crippen LogP contribution in [0.4, 0.5) is 0 Å². The number of ether oxygens (including phenoxy) is 4. The molecule has 1 unspecified atom stereocenters. The molecule has 1 aromatic carbocycles. The number of nitrogens with zero attached hydrogens (tertiary/aromatic N) is 1. The smallest absolute Gasteiger partial charge is 0.328 e. The molecule has 1 atom stereocenters. The van der Waals surface area contributed by atoms with Crippen molar-refractivity contribution in [2.75, 3.05) is 41.5 Å². The Bertz CT molecular complexity index is 441. The third-order valence-electron chi connectivity index (χ3n) is 3.24. The van der Waals surface area contributed by atoms with Gasteiger partial charge in [-0.1, -0.05) is 6.07 Å². The van der Waals surface area contributed by atoms with Crippen LogP contribution in [0.1, 0.15) is 6.92 Å². The van der Waals surface area contributed by atoms with E-state index in [1.165, 1.54) is 14.2 Å². The normalized spacial score (nSPS) is 12.1. The number of carbonyl (C=O) groups excluding carboxylic acids is 1. The lowest BCUT2D eigenvalue weighted by Gasteiger charge is -2.23. The first-order chi connectivity index (χ1) is 10.0. The predicted octanol–water partition coefficient (Wildman–Crippen LogP) is 1.58. The van der Waals surface area contributed by atoms with Crippen LogP contribution in [0.15, 0.2) is 18.2 Å². The van der Waals surface area contributed by atoms with Crippen molar-refractivity contribution in [3.05, 3.63) is 18.2 Å². The van der Waals surface area contributed by atoms with Gasteiger partial charge >= 0.3 is 5.97 Å². The van der Waals surface area contributed by atoms with E-state index in [0.717, 1.165) is 0 Å². The Morgan fingerprint density at radius 3 is 2.24 bits per heavy atom. The maximum absolute atomic E-state index is 12.2. The van der Waals surface area contributed by atoms with E-state index in [1.807, 2.05) is 11.9 Å². The number of likely N-dealkylation sites (N-methyl/N-ethyl adjacent to an activating group) is 1. The van der Waals surface area contributed by atoms with Gasteiger partial charge in [0.2, 0.25) is 5.75 Å². The second kappa shape index (κ2) is 8.49. The van der Waals surface area contributed by atoms with Crippen molar-refractivity contribution in [2.45, 2.75) is 13.0 Å². The summed E-state index contributed by atoms with van der Waals surface area (Å²) in [5.41, 5.74) is 0. The molecule has 0 spiro atoms. The van der Waals surface area contributed by atoms with E-state index in [-0.39, 0.29) is 5.97 Å². The van der Waals surface area contributed by atoms with Gasteiger partial charge in [-0.3, -0.25) is 4.90 Å². The summed E-state index contributed by atoms with van der Waals surface area (Å²) in [5, 5.41) is 0. The van der Waals surface area contributed by atoms with Gasteiger partial charge in [-0.15, -0.1) is 0 Å². The van der Waals surface area contributed by atoms with Crippen LogP contribution in [0, 0.1) is 0 Å². The van der Waals surface area contributed by atoms with Crippen molar-refractivity contribution < 1.29 is 23.7 Å². The molecule has 0 radical (unpaired) electrons. The largest absolute Gasteiger partial charge is 0.493 e. The topological polar surface area (TPSA) is 57.2 Å². The van der Waals surface area contributed by atoms with Crippen LogP contribution in [0.2, 0.25) is 0 Å². The van der Waals surface area contributed by atoms with Crippen LogP contribution in [-0.2, 0) is 9.53 Å². The van der Waals surface area contributed by atoms with E-state index in [9.17, 15) is 4.79 Å². The Balaban J connectivity index is 2.82. The molecule has 0 heterocycles. The van der Waals surface area contributed by atoms with Gasteiger partial charge < -0.3 is 18.9 Å². The maximum Gasteiger partial charge on any atom is 0.328 e. The van der Waals surface area contributed by atoms with Crippen LogP contribution in [0.5, 0.6) is 17.2 Å². The number of para-hydroxylation sites is 1. The van der Waals surface area contributed by atoms with Gasteiger partial charge in [0, 0.05) is 13.7 Å². The number of esters is 1. The van der Waals surface area contributed by atoms with Crippen molar-refractivity contribution in [1.29, 1.82) is 0 Å². The maximum atomic E-state index is 12.2. The van der Waals surface area contributed by atoms with E-state index >= 15 is 0 Å². The Hall–Kier alpha value is -1.79. The fourth-order valence-electron chi connectivity index (χ4n) is 1.71. The van der Waals surface area contributed by atoms with E-state index in [0.29, 0.717) is 30.4 Å². The number of hydrogen-bond donors (Lipinski definition) is 0. The van der Waals surface area contributed by atoms with Crippen LogP contribution in [-0.4, -0.2) is 58.4 Å². The minimum atomic E-state index is -0.408. The molecule has 118 valence electrons. The molecule has 0 aromatic heterocycles. The molecule has 0 bridgehead atoms. The van der Waals surface area contributed by atoms with Crippen molar-refractivity contribution in [3.8, 4) is 17.2 Å². The molecule has 0 saturated carbocycles.